The molecule has 1 rings (SSSR count). The SMILES string of the molecule is Nc1cc([N+](=O)[O-])ccc1C=CCCl. The first-order chi connectivity index (χ1) is 6.65. The molecule has 0 aliphatic carbocycles. The zero-order valence-corrected chi connectivity index (χ0v) is 8.07. The van der Waals surface area contributed by atoms with Gasteiger partial charge in [0.15, 0.2) is 0 Å². The van der Waals surface area contributed by atoms with Crippen molar-refractivity contribution in [3.05, 3.63) is 40.0 Å². The Bertz CT molecular complexity index is 377. The van der Waals surface area contributed by atoms with E-state index in [1.807, 2.05) is 0 Å². The lowest BCUT2D eigenvalue weighted by Crippen LogP contribution is -1.93. The van der Waals surface area contributed by atoms with E-state index in [9.17, 15) is 10.1 Å². The summed E-state index contributed by atoms with van der Waals surface area (Å²) in [6.45, 7) is 0. The zero-order chi connectivity index (χ0) is 10.6. The molecular formula is C9H9ClN2O2. The maximum Gasteiger partial charge on any atom is 0.271 e. The summed E-state index contributed by atoms with van der Waals surface area (Å²) in [5, 5.41) is 10.4. The van der Waals surface area contributed by atoms with Crippen molar-refractivity contribution in [3.63, 3.8) is 0 Å². The molecule has 0 heterocycles. The number of halogens is 1. The molecule has 0 radical (unpaired) electrons. The van der Waals surface area contributed by atoms with E-state index in [4.69, 9.17) is 17.3 Å². The van der Waals surface area contributed by atoms with E-state index in [2.05, 4.69) is 0 Å². The van der Waals surface area contributed by atoms with Crippen LogP contribution in [-0.2, 0) is 0 Å². The molecular weight excluding hydrogens is 204 g/mol. The van der Waals surface area contributed by atoms with Crippen molar-refractivity contribution in [2.75, 3.05) is 11.6 Å². The molecule has 1 aromatic carbocycles. The van der Waals surface area contributed by atoms with Crippen molar-refractivity contribution >= 4 is 29.1 Å². The molecule has 5 heteroatoms. The maximum absolute atomic E-state index is 10.4. The molecule has 74 valence electrons. The van der Waals surface area contributed by atoms with Crippen molar-refractivity contribution in [1.29, 1.82) is 0 Å². The highest BCUT2D eigenvalue weighted by atomic mass is 35.5. The Kier molecular flexibility index (Phi) is 3.48. The van der Waals surface area contributed by atoms with Crippen LogP contribution in [0.15, 0.2) is 24.3 Å². The van der Waals surface area contributed by atoms with Gasteiger partial charge in [0.25, 0.3) is 5.69 Å². The number of nitro benzene ring substituents is 1. The van der Waals surface area contributed by atoms with Gasteiger partial charge >= 0.3 is 0 Å². The molecule has 0 bridgehead atoms. The second-order valence-electron chi connectivity index (χ2n) is 2.63. The molecule has 0 saturated heterocycles. The number of nitrogens with two attached hydrogens (primary N) is 1. The van der Waals surface area contributed by atoms with Crippen LogP contribution in [0.25, 0.3) is 6.08 Å². The van der Waals surface area contributed by atoms with Gasteiger partial charge in [-0.25, -0.2) is 0 Å². The second kappa shape index (κ2) is 4.62. The normalized spacial score (nSPS) is 10.6. The number of hydrogen-bond acceptors (Lipinski definition) is 3. The predicted octanol–water partition coefficient (Wildman–Crippen LogP) is 2.43. The van der Waals surface area contributed by atoms with Crippen LogP contribution >= 0.6 is 11.6 Å². The number of hydrogen-bond donors (Lipinski definition) is 1. The van der Waals surface area contributed by atoms with Crippen LogP contribution in [0.2, 0.25) is 0 Å². The summed E-state index contributed by atoms with van der Waals surface area (Å²) in [7, 11) is 0. The monoisotopic (exact) mass is 212 g/mol. The van der Waals surface area contributed by atoms with Gasteiger partial charge in [-0.3, -0.25) is 10.1 Å². The Morgan fingerprint density at radius 3 is 2.79 bits per heavy atom. The number of anilines is 1. The molecule has 0 atom stereocenters. The van der Waals surface area contributed by atoms with Crippen LogP contribution in [0.4, 0.5) is 11.4 Å². The number of nitro groups is 1. The summed E-state index contributed by atoms with van der Waals surface area (Å²) < 4.78 is 0. The van der Waals surface area contributed by atoms with Gasteiger partial charge in [0.05, 0.1) is 4.92 Å². The number of nitrogen functional groups attached to an aromatic ring is 1. The second-order valence-corrected chi connectivity index (χ2v) is 2.94. The molecule has 2 N–H and O–H groups in total. The van der Waals surface area contributed by atoms with Crippen molar-refractivity contribution < 1.29 is 4.92 Å². The summed E-state index contributed by atoms with van der Waals surface area (Å²) in [4.78, 5) is 9.91. The molecule has 0 unspecified atom stereocenters. The average Bonchev–Trinajstić information content (AvgIpc) is 2.15. The lowest BCUT2D eigenvalue weighted by atomic mass is 10.1. The molecule has 0 spiro atoms. The van der Waals surface area contributed by atoms with Crippen molar-refractivity contribution in [2.24, 2.45) is 0 Å². The lowest BCUT2D eigenvalue weighted by molar-refractivity contribution is -0.384. The van der Waals surface area contributed by atoms with E-state index >= 15 is 0 Å². The number of allylic oxidation sites excluding steroid dienone is 1. The fraction of sp³-hybridized carbons (Fsp3) is 0.111. The fourth-order valence-electron chi connectivity index (χ4n) is 0.999. The molecule has 4 nitrogen and oxygen atoms in total. The number of rotatable bonds is 3. The Labute approximate surface area is 86.1 Å². The van der Waals surface area contributed by atoms with Crippen molar-refractivity contribution in [2.45, 2.75) is 0 Å². The summed E-state index contributed by atoms with van der Waals surface area (Å²) in [5.41, 5.74) is 6.70. The largest absolute Gasteiger partial charge is 0.398 e. The number of nitrogens with zero attached hydrogens (tertiary/aromatic N) is 1. The minimum Gasteiger partial charge on any atom is -0.398 e. The van der Waals surface area contributed by atoms with E-state index in [0.717, 1.165) is 5.56 Å². The highest BCUT2D eigenvalue weighted by Gasteiger charge is 2.06. The van der Waals surface area contributed by atoms with Crippen molar-refractivity contribution in [3.8, 4) is 0 Å². The highest BCUT2D eigenvalue weighted by molar-refractivity contribution is 6.19. The van der Waals surface area contributed by atoms with Gasteiger partial charge in [-0.2, -0.15) is 0 Å². The topological polar surface area (TPSA) is 69.2 Å². The molecule has 1 aromatic rings. The molecule has 14 heavy (non-hydrogen) atoms. The molecule has 0 amide bonds. The number of alkyl halides is 1. The summed E-state index contributed by atoms with van der Waals surface area (Å²) >= 11 is 5.45. The third kappa shape index (κ3) is 2.47. The lowest BCUT2D eigenvalue weighted by Gasteiger charge is -1.99. The van der Waals surface area contributed by atoms with Crippen molar-refractivity contribution in [1.82, 2.24) is 0 Å². The van der Waals surface area contributed by atoms with Gasteiger partial charge < -0.3 is 5.73 Å². The van der Waals surface area contributed by atoms with E-state index in [0.29, 0.717) is 11.6 Å². The summed E-state index contributed by atoms with van der Waals surface area (Å²) in [6, 6.07) is 4.33. The fourth-order valence-corrected chi connectivity index (χ4v) is 1.09. The predicted molar refractivity (Wildman–Crippen MR) is 57.3 cm³/mol. The van der Waals surface area contributed by atoms with Crippen LogP contribution < -0.4 is 5.73 Å². The molecule has 0 aromatic heterocycles. The van der Waals surface area contributed by atoms with Gasteiger partial charge in [0.1, 0.15) is 0 Å². The Balaban J connectivity index is 3.01. The number of non-ortho nitro benzene ring substituents is 1. The van der Waals surface area contributed by atoms with Gasteiger partial charge in [0.2, 0.25) is 0 Å². The third-order valence-corrected chi connectivity index (χ3v) is 1.85. The van der Waals surface area contributed by atoms with Crippen LogP contribution in [-0.4, -0.2) is 10.8 Å². The standard InChI is InChI=1S/C9H9ClN2O2/c10-5-1-2-7-3-4-8(12(13)14)6-9(7)11/h1-4,6H,5,11H2. The van der Waals surface area contributed by atoms with E-state index in [1.165, 1.54) is 12.1 Å². The first-order valence-electron chi connectivity index (χ1n) is 3.91. The molecule has 0 fully saturated rings. The minimum absolute atomic E-state index is 0.00877. The first-order valence-corrected chi connectivity index (χ1v) is 4.45. The van der Waals surface area contributed by atoms with E-state index in [1.54, 1.807) is 18.2 Å². The Morgan fingerprint density at radius 1 is 1.57 bits per heavy atom. The van der Waals surface area contributed by atoms with Gasteiger partial charge in [-0.1, -0.05) is 12.2 Å². The maximum atomic E-state index is 10.4. The minimum atomic E-state index is -0.481. The average molecular weight is 213 g/mol. The van der Waals surface area contributed by atoms with Gasteiger partial charge in [-0.05, 0) is 11.6 Å². The van der Waals surface area contributed by atoms with Crippen LogP contribution in [0.3, 0.4) is 0 Å². The molecule has 0 saturated carbocycles. The Hall–Kier alpha value is -1.55. The first kappa shape index (κ1) is 10.5. The van der Waals surface area contributed by atoms with Gasteiger partial charge in [-0.15, -0.1) is 11.6 Å². The van der Waals surface area contributed by atoms with Gasteiger partial charge in [0, 0.05) is 23.7 Å². The Morgan fingerprint density at radius 2 is 2.29 bits per heavy atom. The van der Waals surface area contributed by atoms with Crippen LogP contribution in [0.1, 0.15) is 5.56 Å². The van der Waals surface area contributed by atoms with Crippen LogP contribution in [0, 0.1) is 10.1 Å². The van der Waals surface area contributed by atoms with E-state index < -0.39 is 4.92 Å². The van der Waals surface area contributed by atoms with Crippen LogP contribution in [0.5, 0.6) is 0 Å². The summed E-state index contributed by atoms with van der Waals surface area (Å²) in [5.74, 6) is 0.385. The quantitative estimate of drug-likeness (QED) is 0.362. The summed E-state index contributed by atoms with van der Waals surface area (Å²) in [6.07, 6.45) is 3.45. The highest BCUT2D eigenvalue weighted by Crippen LogP contribution is 2.20. The number of benzene rings is 1. The zero-order valence-electron chi connectivity index (χ0n) is 7.31. The van der Waals surface area contributed by atoms with E-state index in [-0.39, 0.29) is 5.69 Å². The molecule has 0 aliphatic heterocycles. The molecule has 0 aliphatic rings. The smallest absolute Gasteiger partial charge is 0.271 e. The third-order valence-electron chi connectivity index (χ3n) is 1.67.